The molecule has 0 radical (unpaired) electrons. The lowest BCUT2D eigenvalue weighted by Crippen LogP contribution is -2.36. The van der Waals surface area contributed by atoms with Crippen molar-refractivity contribution in [3.05, 3.63) is 16.1 Å². The van der Waals surface area contributed by atoms with Gasteiger partial charge in [0.25, 0.3) is 0 Å². The number of thioether (sulfide) groups is 1. The summed E-state index contributed by atoms with van der Waals surface area (Å²) in [6, 6.07) is 0.703. The predicted octanol–water partition coefficient (Wildman–Crippen LogP) is 2.73. The van der Waals surface area contributed by atoms with Gasteiger partial charge >= 0.3 is 0 Å². The van der Waals surface area contributed by atoms with Gasteiger partial charge in [0.15, 0.2) is 0 Å². The molecule has 0 bridgehead atoms. The molecule has 1 aliphatic heterocycles. The number of aryl methyl sites for hydroxylation is 1. The van der Waals surface area contributed by atoms with E-state index in [1.807, 2.05) is 11.3 Å². The van der Waals surface area contributed by atoms with E-state index in [1.165, 1.54) is 28.6 Å². The van der Waals surface area contributed by atoms with Crippen molar-refractivity contribution in [1.82, 2.24) is 10.3 Å². The molecule has 0 spiro atoms. The highest BCUT2D eigenvalue weighted by Gasteiger charge is 2.27. The van der Waals surface area contributed by atoms with Crippen LogP contribution in [0.4, 0.5) is 0 Å². The molecule has 4 heteroatoms. The minimum atomic E-state index is 0.703. The summed E-state index contributed by atoms with van der Waals surface area (Å²) in [6.45, 7) is 5.46. The Labute approximate surface area is 106 Å². The topological polar surface area (TPSA) is 24.9 Å². The molecule has 2 nitrogen and oxygen atoms in total. The number of thiazole rings is 1. The fraction of sp³-hybridized carbons (Fsp3) is 0.750. The van der Waals surface area contributed by atoms with Crippen LogP contribution < -0.4 is 5.32 Å². The standard InChI is InChI=1S/C12H20N2S2/c1-3-4-13-11-8-15-7-10(11)5-12-14-9(2)6-16-12/h6,10-11,13H,3-5,7-8H2,1-2H3. The van der Waals surface area contributed by atoms with Gasteiger partial charge in [-0.2, -0.15) is 11.8 Å². The summed E-state index contributed by atoms with van der Waals surface area (Å²) >= 11 is 3.90. The summed E-state index contributed by atoms with van der Waals surface area (Å²) < 4.78 is 0. The van der Waals surface area contributed by atoms with Crippen LogP contribution in [0.1, 0.15) is 24.0 Å². The van der Waals surface area contributed by atoms with E-state index in [2.05, 4.69) is 41.3 Å². The molecule has 1 saturated heterocycles. The van der Waals surface area contributed by atoms with Crippen LogP contribution in [0, 0.1) is 12.8 Å². The van der Waals surface area contributed by atoms with Crippen LogP contribution in [0.5, 0.6) is 0 Å². The van der Waals surface area contributed by atoms with Crippen molar-refractivity contribution < 1.29 is 0 Å². The molecule has 0 amide bonds. The summed E-state index contributed by atoms with van der Waals surface area (Å²) in [5, 5.41) is 7.14. The number of hydrogen-bond acceptors (Lipinski definition) is 4. The van der Waals surface area contributed by atoms with Gasteiger partial charge in [-0.15, -0.1) is 11.3 Å². The maximum Gasteiger partial charge on any atom is 0.0931 e. The highest BCUT2D eigenvalue weighted by molar-refractivity contribution is 7.99. The van der Waals surface area contributed by atoms with E-state index in [0.29, 0.717) is 6.04 Å². The average Bonchev–Trinajstić information content (AvgIpc) is 2.86. The van der Waals surface area contributed by atoms with E-state index >= 15 is 0 Å². The number of aromatic nitrogens is 1. The van der Waals surface area contributed by atoms with Crippen molar-refractivity contribution >= 4 is 23.1 Å². The number of nitrogens with one attached hydrogen (secondary N) is 1. The fourth-order valence-electron chi connectivity index (χ4n) is 2.08. The summed E-state index contributed by atoms with van der Waals surface area (Å²) in [7, 11) is 0. The molecular weight excluding hydrogens is 236 g/mol. The zero-order valence-corrected chi connectivity index (χ0v) is 11.7. The van der Waals surface area contributed by atoms with E-state index in [-0.39, 0.29) is 0 Å². The third kappa shape index (κ3) is 3.22. The first-order valence-electron chi connectivity index (χ1n) is 6.01. The quantitative estimate of drug-likeness (QED) is 0.877. The molecule has 16 heavy (non-hydrogen) atoms. The molecule has 2 heterocycles. The summed E-state index contributed by atoms with van der Waals surface area (Å²) in [4.78, 5) is 4.57. The zero-order valence-electron chi connectivity index (χ0n) is 10.0. The van der Waals surface area contributed by atoms with Gasteiger partial charge in [0.05, 0.1) is 5.01 Å². The Morgan fingerprint density at radius 2 is 2.38 bits per heavy atom. The summed E-state index contributed by atoms with van der Waals surface area (Å²) in [6.07, 6.45) is 2.39. The van der Waals surface area contributed by atoms with Gasteiger partial charge in [0, 0.05) is 29.3 Å². The third-order valence-electron chi connectivity index (χ3n) is 2.96. The molecule has 1 aromatic rings. The van der Waals surface area contributed by atoms with Crippen LogP contribution in [-0.2, 0) is 6.42 Å². The van der Waals surface area contributed by atoms with E-state index < -0.39 is 0 Å². The van der Waals surface area contributed by atoms with Crippen molar-refractivity contribution in [3.63, 3.8) is 0 Å². The SMILES string of the molecule is CCCNC1CSCC1Cc1nc(C)cs1. The number of hydrogen-bond donors (Lipinski definition) is 1. The van der Waals surface area contributed by atoms with E-state index in [4.69, 9.17) is 0 Å². The van der Waals surface area contributed by atoms with Crippen molar-refractivity contribution in [2.45, 2.75) is 32.7 Å². The Bertz CT molecular complexity index is 325. The van der Waals surface area contributed by atoms with Gasteiger partial charge in [-0.1, -0.05) is 6.92 Å². The second-order valence-corrected chi connectivity index (χ2v) is 6.46. The van der Waals surface area contributed by atoms with Gasteiger partial charge in [0.1, 0.15) is 0 Å². The molecule has 2 atom stereocenters. The second kappa shape index (κ2) is 6.03. The Hall–Kier alpha value is -0.0600. The number of nitrogens with zero attached hydrogens (tertiary/aromatic N) is 1. The van der Waals surface area contributed by atoms with Crippen molar-refractivity contribution in [2.24, 2.45) is 5.92 Å². The van der Waals surface area contributed by atoms with Gasteiger partial charge < -0.3 is 5.32 Å². The van der Waals surface area contributed by atoms with Crippen LogP contribution in [-0.4, -0.2) is 29.1 Å². The van der Waals surface area contributed by atoms with Crippen molar-refractivity contribution in [1.29, 1.82) is 0 Å². The minimum absolute atomic E-state index is 0.703. The lowest BCUT2D eigenvalue weighted by atomic mass is 10.00. The number of rotatable bonds is 5. The molecule has 90 valence electrons. The van der Waals surface area contributed by atoms with Crippen LogP contribution >= 0.6 is 23.1 Å². The third-order valence-corrected chi connectivity index (χ3v) is 5.21. The van der Waals surface area contributed by atoms with Gasteiger partial charge in [-0.25, -0.2) is 4.98 Å². The molecule has 1 N–H and O–H groups in total. The average molecular weight is 256 g/mol. The van der Waals surface area contributed by atoms with E-state index in [1.54, 1.807) is 0 Å². The Kier molecular flexibility index (Phi) is 4.67. The molecular formula is C12H20N2S2. The molecule has 2 unspecified atom stereocenters. The molecule has 1 fully saturated rings. The molecule has 2 rings (SSSR count). The lowest BCUT2D eigenvalue weighted by molar-refractivity contribution is 0.424. The Morgan fingerprint density at radius 1 is 1.50 bits per heavy atom. The normalized spacial score (nSPS) is 25.1. The predicted molar refractivity (Wildman–Crippen MR) is 73.5 cm³/mol. The molecule has 0 aliphatic carbocycles. The van der Waals surface area contributed by atoms with Gasteiger partial charge in [0.2, 0.25) is 0 Å². The largest absolute Gasteiger partial charge is 0.313 e. The monoisotopic (exact) mass is 256 g/mol. The Morgan fingerprint density at radius 3 is 3.06 bits per heavy atom. The van der Waals surface area contributed by atoms with Crippen LogP contribution in [0.3, 0.4) is 0 Å². The highest BCUT2D eigenvalue weighted by atomic mass is 32.2. The molecule has 0 aromatic carbocycles. The van der Waals surface area contributed by atoms with Crippen LogP contribution in [0.15, 0.2) is 5.38 Å². The summed E-state index contributed by atoms with van der Waals surface area (Å²) in [5.74, 6) is 3.34. The first-order chi connectivity index (χ1) is 7.79. The molecule has 1 aromatic heterocycles. The first-order valence-corrected chi connectivity index (χ1v) is 8.05. The van der Waals surface area contributed by atoms with E-state index in [0.717, 1.165) is 18.9 Å². The Balaban J connectivity index is 1.88. The second-order valence-electron chi connectivity index (χ2n) is 4.44. The molecule has 0 saturated carbocycles. The smallest absolute Gasteiger partial charge is 0.0931 e. The van der Waals surface area contributed by atoms with Crippen molar-refractivity contribution in [2.75, 3.05) is 18.1 Å². The highest BCUT2D eigenvalue weighted by Crippen LogP contribution is 2.28. The van der Waals surface area contributed by atoms with Gasteiger partial charge in [-0.3, -0.25) is 0 Å². The van der Waals surface area contributed by atoms with Crippen LogP contribution in [0.25, 0.3) is 0 Å². The first kappa shape index (κ1) is 12.4. The van der Waals surface area contributed by atoms with Gasteiger partial charge in [-0.05, 0) is 31.6 Å². The van der Waals surface area contributed by atoms with E-state index in [9.17, 15) is 0 Å². The van der Waals surface area contributed by atoms with Crippen molar-refractivity contribution in [3.8, 4) is 0 Å². The van der Waals surface area contributed by atoms with Crippen LogP contribution in [0.2, 0.25) is 0 Å². The molecule has 1 aliphatic rings. The summed E-state index contributed by atoms with van der Waals surface area (Å²) in [5.41, 5.74) is 1.17. The lowest BCUT2D eigenvalue weighted by Gasteiger charge is -2.18. The minimum Gasteiger partial charge on any atom is -0.313 e. The zero-order chi connectivity index (χ0) is 11.4. The maximum absolute atomic E-state index is 4.57. The fourth-order valence-corrected chi connectivity index (χ4v) is 4.38. The maximum atomic E-state index is 4.57.